The Morgan fingerprint density at radius 1 is 0.379 bits per heavy atom. The monoisotopic (exact) mass is 377 g/mol. The summed E-state index contributed by atoms with van der Waals surface area (Å²) in [6.07, 6.45) is 0. The van der Waals surface area contributed by atoms with E-state index in [1.807, 2.05) is 24.3 Å². The normalized spacial score (nSPS) is 12.6. The van der Waals surface area contributed by atoms with Gasteiger partial charge in [-0.25, -0.2) is 0 Å². The second-order valence-electron chi connectivity index (χ2n) is 7.24. The number of hydrogen-bond donors (Lipinski definition) is 5. The number of benzene rings is 4. The predicted octanol–water partition coefficient (Wildman–Crippen LogP) is 7.03. The van der Waals surface area contributed by atoms with Gasteiger partial charge in [0.2, 0.25) is 0 Å². The highest BCUT2D eigenvalue weighted by molar-refractivity contribution is 5.93. The van der Waals surface area contributed by atoms with Gasteiger partial charge in [0.25, 0.3) is 0 Å². The number of fused-ring (bicyclic) bond motifs is 4. The lowest BCUT2D eigenvalue weighted by Gasteiger charge is -2.24. The first-order valence-corrected chi connectivity index (χ1v) is 9.63. The molecule has 29 heavy (non-hydrogen) atoms. The minimum absolute atomic E-state index is 1.03. The lowest BCUT2D eigenvalue weighted by Crippen LogP contribution is -2.07. The Labute approximate surface area is 168 Å². The zero-order valence-corrected chi connectivity index (χ0v) is 15.6. The van der Waals surface area contributed by atoms with Crippen LogP contribution in [0.25, 0.3) is 0 Å². The van der Waals surface area contributed by atoms with Crippen LogP contribution in [0.15, 0.2) is 84.9 Å². The lowest BCUT2D eigenvalue weighted by molar-refractivity contribution is 1.42. The summed E-state index contributed by atoms with van der Waals surface area (Å²) in [6.45, 7) is 0. The molecular weight excluding hydrogens is 358 g/mol. The zero-order chi connectivity index (χ0) is 19.2. The molecule has 0 saturated carbocycles. The molecule has 2 heterocycles. The highest BCUT2D eigenvalue weighted by atomic mass is 15.1. The second-order valence-corrected chi connectivity index (χ2v) is 7.24. The van der Waals surface area contributed by atoms with Crippen molar-refractivity contribution in [2.45, 2.75) is 0 Å². The summed E-state index contributed by atoms with van der Waals surface area (Å²) >= 11 is 0. The second kappa shape index (κ2) is 6.21. The molecule has 0 fully saturated rings. The van der Waals surface area contributed by atoms with Crippen molar-refractivity contribution >= 4 is 56.9 Å². The van der Waals surface area contributed by atoms with E-state index >= 15 is 0 Å². The molecule has 0 aromatic heterocycles. The first-order chi connectivity index (χ1) is 14.3. The van der Waals surface area contributed by atoms with Gasteiger partial charge < -0.3 is 26.6 Å². The van der Waals surface area contributed by atoms with Crippen LogP contribution in [0.4, 0.5) is 56.9 Å². The van der Waals surface area contributed by atoms with Crippen LogP contribution in [-0.2, 0) is 0 Å². The van der Waals surface area contributed by atoms with E-state index < -0.39 is 0 Å². The highest BCUT2D eigenvalue weighted by Crippen LogP contribution is 2.41. The Kier molecular flexibility index (Phi) is 3.40. The number of hydrogen-bond acceptors (Lipinski definition) is 5. The summed E-state index contributed by atoms with van der Waals surface area (Å²) in [6, 6.07) is 29.0. The van der Waals surface area contributed by atoms with Crippen molar-refractivity contribution in [2.75, 3.05) is 26.6 Å². The lowest BCUT2D eigenvalue weighted by atomic mass is 10.1. The summed E-state index contributed by atoms with van der Waals surface area (Å²) in [5.74, 6) is 0. The van der Waals surface area contributed by atoms with Crippen LogP contribution in [0.3, 0.4) is 0 Å². The molecule has 0 saturated heterocycles. The Balaban J connectivity index is 1.26. The molecule has 4 aromatic rings. The SMILES string of the molecule is c1ccc2c(c1)Nc1ccc(Nc3ccc4c(c3)Nc3ccccc3N4)cc1N2. The van der Waals surface area contributed by atoms with Crippen LogP contribution in [0.5, 0.6) is 0 Å². The fourth-order valence-electron chi connectivity index (χ4n) is 3.82. The van der Waals surface area contributed by atoms with E-state index in [-0.39, 0.29) is 0 Å². The Hall–Kier alpha value is -4.12. The Morgan fingerprint density at radius 2 is 0.724 bits per heavy atom. The molecule has 6 rings (SSSR count). The molecule has 5 heteroatoms. The van der Waals surface area contributed by atoms with Crippen molar-refractivity contribution in [3.63, 3.8) is 0 Å². The van der Waals surface area contributed by atoms with Gasteiger partial charge in [0.1, 0.15) is 0 Å². The molecule has 0 spiro atoms. The first kappa shape index (κ1) is 15.9. The molecule has 5 N–H and O–H groups in total. The third-order valence-electron chi connectivity index (χ3n) is 5.26. The van der Waals surface area contributed by atoms with Gasteiger partial charge in [0.05, 0.1) is 45.5 Å². The van der Waals surface area contributed by atoms with Crippen LogP contribution in [0.2, 0.25) is 0 Å². The van der Waals surface area contributed by atoms with E-state index in [4.69, 9.17) is 0 Å². The van der Waals surface area contributed by atoms with Gasteiger partial charge in [-0.1, -0.05) is 24.3 Å². The van der Waals surface area contributed by atoms with Crippen LogP contribution >= 0.6 is 0 Å². The summed E-state index contributed by atoms with van der Waals surface area (Å²) < 4.78 is 0. The minimum Gasteiger partial charge on any atom is -0.355 e. The van der Waals surface area contributed by atoms with Crippen molar-refractivity contribution in [3.8, 4) is 0 Å². The molecule has 2 aliphatic rings. The number of nitrogens with one attached hydrogen (secondary N) is 5. The summed E-state index contributed by atoms with van der Waals surface area (Å²) in [5, 5.41) is 17.5. The molecule has 140 valence electrons. The molecule has 0 aliphatic carbocycles. The number of para-hydroxylation sites is 4. The van der Waals surface area contributed by atoms with Gasteiger partial charge in [-0.3, -0.25) is 0 Å². The molecular formula is C24H19N5. The third-order valence-corrected chi connectivity index (χ3v) is 5.26. The summed E-state index contributed by atoms with van der Waals surface area (Å²) in [5.41, 5.74) is 10.7. The van der Waals surface area contributed by atoms with Crippen molar-refractivity contribution in [1.82, 2.24) is 0 Å². The van der Waals surface area contributed by atoms with E-state index in [1.54, 1.807) is 0 Å². The van der Waals surface area contributed by atoms with Crippen molar-refractivity contribution in [2.24, 2.45) is 0 Å². The van der Waals surface area contributed by atoms with E-state index in [2.05, 4.69) is 87.2 Å². The molecule has 4 aromatic carbocycles. The van der Waals surface area contributed by atoms with Crippen molar-refractivity contribution < 1.29 is 0 Å². The molecule has 5 nitrogen and oxygen atoms in total. The summed E-state index contributed by atoms with van der Waals surface area (Å²) in [7, 11) is 0. The maximum Gasteiger partial charge on any atom is 0.0644 e. The molecule has 0 radical (unpaired) electrons. The molecule has 2 aliphatic heterocycles. The van der Waals surface area contributed by atoms with Crippen LogP contribution < -0.4 is 26.6 Å². The van der Waals surface area contributed by atoms with E-state index in [9.17, 15) is 0 Å². The minimum atomic E-state index is 1.03. The maximum absolute atomic E-state index is 3.52. The first-order valence-electron chi connectivity index (χ1n) is 9.63. The van der Waals surface area contributed by atoms with Gasteiger partial charge >= 0.3 is 0 Å². The average molecular weight is 377 g/mol. The van der Waals surface area contributed by atoms with E-state index in [0.717, 1.165) is 56.9 Å². The smallest absolute Gasteiger partial charge is 0.0644 e. The van der Waals surface area contributed by atoms with E-state index in [0.29, 0.717) is 0 Å². The quantitative estimate of drug-likeness (QED) is 0.224. The number of anilines is 10. The number of rotatable bonds is 2. The van der Waals surface area contributed by atoms with Crippen LogP contribution in [0, 0.1) is 0 Å². The zero-order valence-electron chi connectivity index (χ0n) is 15.6. The molecule has 0 atom stereocenters. The average Bonchev–Trinajstić information content (AvgIpc) is 2.76. The standard InChI is InChI=1S/C24H19N5/c1-3-7-19-17(5-1)26-21-11-9-15(13-23(21)28-19)25-16-10-12-22-24(14-16)29-20-8-4-2-6-18(20)27-22/h1-14,25-29H. The van der Waals surface area contributed by atoms with Crippen LogP contribution in [-0.4, -0.2) is 0 Å². The highest BCUT2D eigenvalue weighted by Gasteiger charge is 2.16. The summed E-state index contributed by atoms with van der Waals surface area (Å²) in [4.78, 5) is 0. The molecule has 0 bridgehead atoms. The topological polar surface area (TPSA) is 60.1 Å². The van der Waals surface area contributed by atoms with Gasteiger partial charge in [-0.2, -0.15) is 0 Å². The van der Waals surface area contributed by atoms with Crippen molar-refractivity contribution in [3.05, 3.63) is 84.9 Å². The van der Waals surface area contributed by atoms with Gasteiger partial charge in [0.15, 0.2) is 0 Å². The molecule has 0 unspecified atom stereocenters. The van der Waals surface area contributed by atoms with Gasteiger partial charge in [-0.15, -0.1) is 0 Å². The fourth-order valence-corrected chi connectivity index (χ4v) is 3.82. The van der Waals surface area contributed by atoms with Crippen molar-refractivity contribution in [1.29, 1.82) is 0 Å². The molecule has 0 amide bonds. The maximum atomic E-state index is 3.52. The van der Waals surface area contributed by atoms with Gasteiger partial charge in [0, 0.05) is 11.4 Å². The van der Waals surface area contributed by atoms with E-state index in [1.165, 1.54) is 0 Å². The fraction of sp³-hybridized carbons (Fsp3) is 0. The Morgan fingerprint density at radius 3 is 1.14 bits per heavy atom. The largest absolute Gasteiger partial charge is 0.355 e. The predicted molar refractivity (Wildman–Crippen MR) is 122 cm³/mol. The third kappa shape index (κ3) is 2.80. The van der Waals surface area contributed by atoms with Gasteiger partial charge in [-0.05, 0) is 60.7 Å². The van der Waals surface area contributed by atoms with Crippen LogP contribution in [0.1, 0.15) is 0 Å². The Bertz CT molecular complexity index is 1150.